The first kappa shape index (κ1) is 13.4. The van der Waals surface area contributed by atoms with Crippen LogP contribution in [-0.4, -0.2) is 13.0 Å². The molecule has 0 saturated carbocycles. The first-order valence-electron chi connectivity index (χ1n) is 5.89. The highest BCUT2D eigenvalue weighted by atomic mass is 35.5. The van der Waals surface area contributed by atoms with Gasteiger partial charge in [0.15, 0.2) is 0 Å². The van der Waals surface area contributed by atoms with E-state index in [0.717, 1.165) is 5.56 Å². The van der Waals surface area contributed by atoms with Gasteiger partial charge in [-0.1, -0.05) is 29.8 Å². The number of nitrogens with zero attached hydrogens (tertiary/aromatic N) is 1. The van der Waals surface area contributed by atoms with Crippen molar-refractivity contribution < 1.29 is 4.79 Å². The Bertz CT molecular complexity index is 625. The Hall–Kier alpha value is -2.00. The Kier molecular flexibility index (Phi) is 3.76. The summed E-state index contributed by atoms with van der Waals surface area (Å²) in [5.41, 5.74) is 8.61. The Morgan fingerprint density at radius 3 is 2.58 bits per heavy atom. The van der Waals surface area contributed by atoms with Crippen LogP contribution in [0.25, 0.3) is 0 Å². The van der Waals surface area contributed by atoms with Gasteiger partial charge in [0.1, 0.15) is 0 Å². The van der Waals surface area contributed by atoms with Gasteiger partial charge in [-0.3, -0.25) is 4.79 Å². The van der Waals surface area contributed by atoms with Crippen LogP contribution in [0.1, 0.15) is 15.9 Å². The third kappa shape index (κ3) is 2.71. The van der Waals surface area contributed by atoms with Crippen LogP contribution in [0, 0.1) is 6.92 Å². The van der Waals surface area contributed by atoms with Crippen LogP contribution in [0.2, 0.25) is 5.02 Å². The summed E-state index contributed by atoms with van der Waals surface area (Å²) in [7, 11) is 1.70. The van der Waals surface area contributed by atoms with Crippen molar-refractivity contribution in [1.29, 1.82) is 0 Å². The second kappa shape index (κ2) is 5.33. The molecule has 19 heavy (non-hydrogen) atoms. The number of nitrogen functional groups attached to an aromatic ring is 1. The highest BCUT2D eigenvalue weighted by Crippen LogP contribution is 2.24. The summed E-state index contributed by atoms with van der Waals surface area (Å²) in [6, 6.07) is 12.5. The molecule has 0 aliphatic rings. The molecule has 2 rings (SSSR count). The van der Waals surface area contributed by atoms with Gasteiger partial charge in [-0.05, 0) is 36.8 Å². The minimum absolute atomic E-state index is 0.127. The molecule has 2 aromatic carbocycles. The highest BCUT2D eigenvalue weighted by molar-refractivity contribution is 6.31. The number of anilines is 2. The Morgan fingerprint density at radius 1 is 1.21 bits per heavy atom. The maximum atomic E-state index is 12.5. The lowest BCUT2D eigenvalue weighted by Crippen LogP contribution is -2.27. The normalized spacial score (nSPS) is 10.3. The number of rotatable bonds is 2. The molecule has 0 aromatic heterocycles. The summed E-state index contributed by atoms with van der Waals surface area (Å²) in [4.78, 5) is 14.0. The van der Waals surface area contributed by atoms with Crippen LogP contribution in [0.3, 0.4) is 0 Å². The quantitative estimate of drug-likeness (QED) is 0.852. The minimum atomic E-state index is -0.127. The fourth-order valence-electron chi connectivity index (χ4n) is 1.91. The van der Waals surface area contributed by atoms with Crippen LogP contribution in [0.4, 0.5) is 11.4 Å². The molecule has 0 bridgehead atoms. The van der Waals surface area contributed by atoms with Crippen molar-refractivity contribution in [2.45, 2.75) is 6.92 Å². The molecule has 0 saturated heterocycles. The smallest absolute Gasteiger partial charge is 0.258 e. The van der Waals surface area contributed by atoms with Crippen molar-refractivity contribution in [2.24, 2.45) is 0 Å². The number of para-hydroxylation sites is 2. The average Bonchev–Trinajstić information content (AvgIpc) is 2.40. The molecule has 0 fully saturated rings. The maximum Gasteiger partial charge on any atom is 0.258 e. The Morgan fingerprint density at radius 2 is 1.89 bits per heavy atom. The molecule has 3 nitrogen and oxygen atoms in total. The zero-order valence-electron chi connectivity index (χ0n) is 10.9. The van der Waals surface area contributed by atoms with Gasteiger partial charge in [-0.25, -0.2) is 0 Å². The Balaban J connectivity index is 2.39. The fourth-order valence-corrected chi connectivity index (χ4v) is 2.08. The largest absolute Gasteiger partial charge is 0.397 e. The van der Waals surface area contributed by atoms with Gasteiger partial charge < -0.3 is 10.6 Å². The van der Waals surface area contributed by atoms with Crippen molar-refractivity contribution in [1.82, 2.24) is 0 Å². The lowest BCUT2D eigenvalue weighted by molar-refractivity contribution is 0.0992. The van der Waals surface area contributed by atoms with Gasteiger partial charge >= 0.3 is 0 Å². The number of aryl methyl sites for hydroxylation is 1. The molecule has 2 aromatic rings. The highest BCUT2D eigenvalue weighted by Gasteiger charge is 2.17. The number of carbonyl (C=O) groups is 1. The lowest BCUT2D eigenvalue weighted by atomic mass is 10.1. The summed E-state index contributed by atoms with van der Waals surface area (Å²) < 4.78 is 0. The summed E-state index contributed by atoms with van der Waals surface area (Å²) in [6.07, 6.45) is 0. The second-order valence-corrected chi connectivity index (χ2v) is 4.82. The van der Waals surface area contributed by atoms with Crippen molar-refractivity contribution in [3.63, 3.8) is 0 Å². The van der Waals surface area contributed by atoms with E-state index in [1.54, 1.807) is 25.2 Å². The molecule has 0 aliphatic heterocycles. The van der Waals surface area contributed by atoms with E-state index in [4.69, 9.17) is 17.3 Å². The number of hydrogen-bond acceptors (Lipinski definition) is 2. The molecule has 0 atom stereocenters. The van der Waals surface area contributed by atoms with Gasteiger partial charge in [0.05, 0.1) is 11.4 Å². The number of carbonyl (C=O) groups excluding carboxylic acids is 1. The van der Waals surface area contributed by atoms with Crippen molar-refractivity contribution in [3.8, 4) is 0 Å². The summed E-state index contributed by atoms with van der Waals surface area (Å²) in [6.45, 7) is 1.88. The molecule has 0 aliphatic carbocycles. The second-order valence-electron chi connectivity index (χ2n) is 4.38. The van der Waals surface area contributed by atoms with Crippen LogP contribution in [-0.2, 0) is 0 Å². The summed E-state index contributed by atoms with van der Waals surface area (Å²) >= 11 is 5.95. The van der Waals surface area contributed by atoms with E-state index >= 15 is 0 Å². The third-order valence-electron chi connectivity index (χ3n) is 3.03. The van der Waals surface area contributed by atoms with Crippen LogP contribution < -0.4 is 10.6 Å². The average molecular weight is 275 g/mol. The molecule has 4 heteroatoms. The van der Waals surface area contributed by atoms with E-state index in [2.05, 4.69) is 0 Å². The van der Waals surface area contributed by atoms with Crippen molar-refractivity contribution in [3.05, 3.63) is 58.6 Å². The number of amides is 1. The van der Waals surface area contributed by atoms with Crippen molar-refractivity contribution >= 4 is 28.9 Å². The van der Waals surface area contributed by atoms with Gasteiger partial charge in [-0.15, -0.1) is 0 Å². The zero-order valence-corrected chi connectivity index (χ0v) is 11.6. The van der Waals surface area contributed by atoms with E-state index < -0.39 is 0 Å². The van der Waals surface area contributed by atoms with Gasteiger partial charge in [0.25, 0.3) is 5.91 Å². The molecule has 0 radical (unpaired) electrons. The molecule has 0 heterocycles. The van der Waals surface area contributed by atoms with Crippen LogP contribution in [0.5, 0.6) is 0 Å². The maximum absolute atomic E-state index is 12.5. The van der Waals surface area contributed by atoms with Gasteiger partial charge in [0, 0.05) is 17.6 Å². The first-order valence-corrected chi connectivity index (χ1v) is 6.27. The lowest BCUT2D eigenvalue weighted by Gasteiger charge is -2.20. The number of nitrogens with two attached hydrogens (primary N) is 1. The molecule has 1 amide bonds. The molecular weight excluding hydrogens is 260 g/mol. The molecule has 2 N–H and O–H groups in total. The summed E-state index contributed by atoms with van der Waals surface area (Å²) in [5.74, 6) is -0.127. The fraction of sp³-hybridized carbons (Fsp3) is 0.133. The summed E-state index contributed by atoms with van der Waals surface area (Å²) in [5, 5.41) is 0.545. The topological polar surface area (TPSA) is 46.3 Å². The molecular formula is C15H15ClN2O. The monoisotopic (exact) mass is 274 g/mol. The van der Waals surface area contributed by atoms with E-state index in [1.807, 2.05) is 31.2 Å². The van der Waals surface area contributed by atoms with Crippen molar-refractivity contribution in [2.75, 3.05) is 17.7 Å². The van der Waals surface area contributed by atoms with Gasteiger partial charge in [0.2, 0.25) is 0 Å². The number of benzene rings is 2. The van der Waals surface area contributed by atoms with E-state index in [1.165, 1.54) is 4.90 Å². The third-order valence-corrected chi connectivity index (χ3v) is 3.27. The zero-order chi connectivity index (χ0) is 14.0. The predicted molar refractivity (Wildman–Crippen MR) is 79.8 cm³/mol. The molecule has 0 unspecified atom stereocenters. The van der Waals surface area contributed by atoms with Crippen LogP contribution in [0.15, 0.2) is 42.5 Å². The van der Waals surface area contributed by atoms with Crippen LogP contribution >= 0.6 is 11.6 Å². The minimum Gasteiger partial charge on any atom is -0.397 e. The van der Waals surface area contributed by atoms with E-state index in [9.17, 15) is 4.79 Å². The Labute approximate surface area is 117 Å². The predicted octanol–water partition coefficient (Wildman–Crippen LogP) is 3.51. The van der Waals surface area contributed by atoms with E-state index in [-0.39, 0.29) is 5.91 Å². The number of halogens is 1. The van der Waals surface area contributed by atoms with E-state index in [0.29, 0.717) is 22.0 Å². The molecule has 98 valence electrons. The SMILES string of the molecule is Cc1ccc(Cl)cc1C(=O)N(C)c1ccccc1N. The molecule has 0 spiro atoms. The number of hydrogen-bond donors (Lipinski definition) is 1. The first-order chi connectivity index (χ1) is 9.00. The standard InChI is InChI=1S/C15H15ClN2O/c1-10-7-8-11(16)9-12(10)15(19)18(2)14-6-4-3-5-13(14)17/h3-9H,17H2,1-2H3. The van der Waals surface area contributed by atoms with Gasteiger partial charge in [-0.2, -0.15) is 0 Å².